The van der Waals surface area contributed by atoms with Crippen molar-refractivity contribution in [2.24, 2.45) is 0 Å². The Bertz CT molecular complexity index is 346. The minimum Gasteiger partial charge on any atom is -0.504 e. The number of carbonyl (C=O) groups is 1. The maximum absolute atomic E-state index is 10.3. The first-order chi connectivity index (χ1) is 7.13. The van der Waals surface area contributed by atoms with Gasteiger partial charge in [0.15, 0.2) is 11.5 Å². The van der Waals surface area contributed by atoms with Crippen molar-refractivity contribution in [2.75, 3.05) is 7.11 Å². The summed E-state index contributed by atoms with van der Waals surface area (Å²) < 4.78 is 4.95. The summed E-state index contributed by atoms with van der Waals surface area (Å²) in [6.45, 7) is 0. The predicted octanol–water partition coefficient (Wildman–Crippen LogP) is 1.81. The second-order valence-corrected chi connectivity index (χ2v) is 3.25. The summed E-state index contributed by atoms with van der Waals surface area (Å²) in [4.78, 5) is 10.3. The molecular weight excluding hydrogens is 196 g/mol. The second kappa shape index (κ2) is 5.24. The summed E-state index contributed by atoms with van der Waals surface area (Å²) in [5.74, 6) is -0.275. The highest BCUT2D eigenvalue weighted by Crippen LogP contribution is 2.26. The van der Waals surface area contributed by atoms with E-state index in [1.807, 2.05) is 0 Å². The topological polar surface area (TPSA) is 66.8 Å². The van der Waals surface area contributed by atoms with Crippen LogP contribution in [0.25, 0.3) is 0 Å². The van der Waals surface area contributed by atoms with Gasteiger partial charge in [-0.15, -0.1) is 0 Å². The number of phenols is 1. The third kappa shape index (κ3) is 3.50. The molecule has 0 fully saturated rings. The van der Waals surface area contributed by atoms with Crippen molar-refractivity contribution in [2.45, 2.75) is 19.3 Å². The Hall–Kier alpha value is -1.71. The van der Waals surface area contributed by atoms with E-state index in [2.05, 4.69) is 0 Å². The van der Waals surface area contributed by atoms with Gasteiger partial charge >= 0.3 is 5.97 Å². The lowest BCUT2D eigenvalue weighted by atomic mass is 10.1. The normalized spacial score (nSPS) is 9.93. The fourth-order valence-corrected chi connectivity index (χ4v) is 1.32. The number of aliphatic carboxylic acids is 1. The first-order valence-corrected chi connectivity index (χ1v) is 4.71. The lowest BCUT2D eigenvalue weighted by molar-refractivity contribution is -0.137. The maximum Gasteiger partial charge on any atom is 0.303 e. The molecule has 0 heterocycles. The van der Waals surface area contributed by atoms with E-state index in [0.717, 1.165) is 5.56 Å². The van der Waals surface area contributed by atoms with Gasteiger partial charge in [0.25, 0.3) is 0 Å². The Balaban J connectivity index is 2.58. The van der Waals surface area contributed by atoms with Crippen molar-refractivity contribution in [3.63, 3.8) is 0 Å². The SMILES string of the molecule is COc1cc(CCCC(=O)O)ccc1O. The van der Waals surface area contributed by atoms with E-state index in [1.54, 1.807) is 18.2 Å². The zero-order valence-electron chi connectivity index (χ0n) is 8.56. The maximum atomic E-state index is 10.3. The fourth-order valence-electron chi connectivity index (χ4n) is 1.32. The standard InChI is InChI=1S/C11H14O4/c1-15-10-7-8(5-6-9(10)12)3-2-4-11(13)14/h5-7,12H,2-4H2,1H3,(H,13,14). The van der Waals surface area contributed by atoms with Gasteiger partial charge in [0.05, 0.1) is 7.11 Å². The van der Waals surface area contributed by atoms with E-state index in [9.17, 15) is 9.90 Å². The van der Waals surface area contributed by atoms with E-state index < -0.39 is 5.97 Å². The number of aryl methyl sites for hydroxylation is 1. The first-order valence-electron chi connectivity index (χ1n) is 4.71. The molecule has 0 aliphatic carbocycles. The number of ether oxygens (including phenoxy) is 1. The second-order valence-electron chi connectivity index (χ2n) is 3.25. The number of hydrogen-bond acceptors (Lipinski definition) is 3. The Morgan fingerprint density at radius 1 is 1.47 bits per heavy atom. The molecule has 0 saturated carbocycles. The van der Waals surface area contributed by atoms with Crippen LogP contribution < -0.4 is 4.74 Å². The Kier molecular flexibility index (Phi) is 3.97. The highest BCUT2D eigenvalue weighted by molar-refractivity contribution is 5.66. The number of methoxy groups -OCH3 is 1. The molecule has 0 radical (unpaired) electrons. The largest absolute Gasteiger partial charge is 0.504 e. The fraction of sp³-hybridized carbons (Fsp3) is 0.364. The van der Waals surface area contributed by atoms with Crippen LogP contribution in [0.2, 0.25) is 0 Å². The third-order valence-electron chi connectivity index (χ3n) is 2.10. The summed E-state index contributed by atoms with van der Waals surface area (Å²) in [7, 11) is 1.48. The van der Waals surface area contributed by atoms with E-state index in [4.69, 9.17) is 9.84 Å². The molecule has 1 aromatic carbocycles. The molecule has 0 bridgehead atoms. The van der Waals surface area contributed by atoms with Crippen LogP contribution in [0.4, 0.5) is 0 Å². The average Bonchev–Trinajstić information content (AvgIpc) is 2.20. The van der Waals surface area contributed by atoms with Gasteiger partial charge in [-0.05, 0) is 30.5 Å². The van der Waals surface area contributed by atoms with E-state index >= 15 is 0 Å². The molecule has 1 aromatic rings. The number of carboxylic acid groups (broad SMARTS) is 1. The Morgan fingerprint density at radius 2 is 2.20 bits per heavy atom. The van der Waals surface area contributed by atoms with E-state index in [1.165, 1.54) is 7.11 Å². The van der Waals surface area contributed by atoms with Gasteiger partial charge in [-0.2, -0.15) is 0 Å². The molecule has 82 valence electrons. The first kappa shape index (κ1) is 11.4. The van der Waals surface area contributed by atoms with Crippen LogP contribution in [-0.4, -0.2) is 23.3 Å². The summed E-state index contributed by atoms with van der Waals surface area (Å²) in [6.07, 6.45) is 1.41. The summed E-state index contributed by atoms with van der Waals surface area (Å²) in [5.41, 5.74) is 0.964. The van der Waals surface area contributed by atoms with Gasteiger partial charge in [-0.25, -0.2) is 0 Å². The van der Waals surface area contributed by atoms with Crippen LogP contribution >= 0.6 is 0 Å². The van der Waals surface area contributed by atoms with Crippen LogP contribution in [-0.2, 0) is 11.2 Å². The lowest BCUT2D eigenvalue weighted by Crippen LogP contribution is -1.96. The average molecular weight is 210 g/mol. The van der Waals surface area contributed by atoms with Crippen LogP contribution in [0.15, 0.2) is 18.2 Å². The van der Waals surface area contributed by atoms with Gasteiger partial charge in [-0.3, -0.25) is 4.79 Å². The van der Waals surface area contributed by atoms with Gasteiger partial charge in [0.2, 0.25) is 0 Å². The zero-order valence-corrected chi connectivity index (χ0v) is 8.56. The quantitative estimate of drug-likeness (QED) is 0.777. The van der Waals surface area contributed by atoms with Gasteiger partial charge in [-0.1, -0.05) is 6.07 Å². The van der Waals surface area contributed by atoms with Crippen LogP contribution in [0, 0.1) is 0 Å². The molecule has 0 amide bonds. The third-order valence-corrected chi connectivity index (χ3v) is 2.10. The van der Waals surface area contributed by atoms with Gasteiger partial charge in [0, 0.05) is 6.42 Å². The monoisotopic (exact) mass is 210 g/mol. The lowest BCUT2D eigenvalue weighted by Gasteiger charge is -2.05. The molecule has 0 saturated heterocycles. The molecule has 0 aliphatic rings. The highest BCUT2D eigenvalue weighted by Gasteiger charge is 2.03. The zero-order chi connectivity index (χ0) is 11.3. The van der Waals surface area contributed by atoms with E-state index in [0.29, 0.717) is 18.6 Å². The van der Waals surface area contributed by atoms with Crippen molar-refractivity contribution in [1.82, 2.24) is 0 Å². The van der Waals surface area contributed by atoms with Gasteiger partial charge < -0.3 is 14.9 Å². The Labute approximate surface area is 88.1 Å². The van der Waals surface area contributed by atoms with E-state index in [-0.39, 0.29) is 12.2 Å². The highest BCUT2D eigenvalue weighted by atomic mass is 16.5. The number of aromatic hydroxyl groups is 1. The Morgan fingerprint density at radius 3 is 2.80 bits per heavy atom. The summed E-state index contributed by atoms with van der Waals surface area (Å²) in [6, 6.07) is 5.03. The summed E-state index contributed by atoms with van der Waals surface area (Å²) >= 11 is 0. The van der Waals surface area contributed by atoms with Crippen LogP contribution in [0.3, 0.4) is 0 Å². The van der Waals surface area contributed by atoms with Crippen molar-refractivity contribution < 1.29 is 19.7 Å². The molecule has 0 atom stereocenters. The molecule has 0 aromatic heterocycles. The van der Waals surface area contributed by atoms with Crippen molar-refractivity contribution in [3.05, 3.63) is 23.8 Å². The molecule has 0 unspecified atom stereocenters. The number of rotatable bonds is 5. The van der Waals surface area contributed by atoms with Crippen molar-refractivity contribution in [1.29, 1.82) is 0 Å². The number of hydrogen-bond donors (Lipinski definition) is 2. The smallest absolute Gasteiger partial charge is 0.303 e. The summed E-state index contributed by atoms with van der Waals surface area (Å²) in [5, 5.41) is 17.8. The van der Waals surface area contributed by atoms with Crippen molar-refractivity contribution >= 4 is 5.97 Å². The molecule has 0 spiro atoms. The molecule has 2 N–H and O–H groups in total. The number of benzene rings is 1. The van der Waals surface area contributed by atoms with Crippen LogP contribution in [0.5, 0.6) is 11.5 Å². The molecule has 4 nitrogen and oxygen atoms in total. The minimum absolute atomic E-state index is 0.0967. The molecule has 15 heavy (non-hydrogen) atoms. The minimum atomic E-state index is -0.791. The molecule has 4 heteroatoms. The molecule has 1 rings (SSSR count). The van der Waals surface area contributed by atoms with Crippen molar-refractivity contribution in [3.8, 4) is 11.5 Å². The van der Waals surface area contributed by atoms with Gasteiger partial charge in [0.1, 0.15) is 0 Å². The predicted molar refractivity (Wildman–Crippen MR) is 55.2 cm³/mol. The molecular formula is C11H14O4. The number of phenolic OH excluding ortho intramolecular Hbond substituents is 1. The van der Waals surface area contributed by atoms with Crippen LogP contribution in [0.1, 0.15) is 18.4 Å². The number of carboxylic acids is 1. The molecule has 0 aliphatic heterocycles.